The molecular weight excluding hydrogens is 288 g/mol. The molecule has 1 unspecified atom stereocenters. The molecule has 1 saturated heterocycles. The highest BCUT2D eigenvalue weighted by Gasteiger charge is 2.30. The van der Waals surface area contributed by atoms with Crippen LogP contribution in [0.5, 0.6) is 0 Å². The molecule has 1 aliphatic heterocycles. The average molecular weight is 308 g/mol. The predicted octanol–water partition coefficient (Wildman–Crippen LogP) is 0.242. The number of hydrogen-bond acceptors (Lipinski definition) is 4. The van der Waals surface area contributed by atoms with Crippen LogP contribution in [0.25, 0.3) is 0 Å². The van der Waals surface area contributed by atoms with Gasteiger partial charge in [-0.2, -0.15) is 0 Å². The third-order valence-electron chi connectivity index (χ3n) is 4.00. The number of nitrogens with one attached hydrogen (secondary N) is 1. The molecule has 0 aliphatic carbocycles. The summed E-state index contributed by atoms with van der Waals surface area (Å²) in [6.07, 6.45) is 2.86. The molecule has 0 bridgehead atoms. The first-order valence-corrected chi connectivity index (χ1v) is 7.24. The second kappa shape index (κ2) is 7.22. The lowest BCUT2D eigenvalue weighted by Crippen LogP contribution is -2.39. The number of pyridine rings is 1. The molecule has 0 radical (unpaired) electrons. The highest BCUT2D eigenvalue weighted by Crippen LogP contribution is 2.23. The standard InChI is InChI=1S/C15H20N2O5/c1-17-5-2-11(8-13(17)18)14(19)16-9-12(15(20)21)10-3-6-22-7-4-10/h2,5,8,10,12H,3-4,6-7,9H2,1H3,(H,16,19)(H,20,21). The normalized spacial score (nSPS) is 17.0. The highest BCUT2D eigenvalue weighted by molar-refractivity contribution is 5.94. The number of rotatable bonds is 5. The Labute approximate surface area is 127 Å². The Morgan fingerprint density at radius 2 is 2.14 bits per heavy atom. The number of carboxylic acids is 1. The lowest BCUT2D eigenvalue weighted by atomic mass is 9.86. The van der Waals surface area contributed by atoms with E-state index in [2.05, 4.69) is 5.32 Å². The van der Waals surface area contributed by atoms with Gasteiger partial charge in [-0.15, -0.1) is 0 Å². The number of ether oxygens (including phenoxy) is 1. The van der Waals surface area contributed by atoms with E-state index in [4.69, 9.17) is 4.74 Å². The van der Waals surface area contributed by atoms with Crippen molar-refractivity contribution in [2.75, 3.05) is 19.8 Å². The van der Waals surface area contributed by atoms with Gasteiger partial charge >= 0.3 is 5.97 Å². The number of carboxylic acid groups (broad SMARTS) is 1. The first kappa shape index (κ1) is 16.2. The van der Waals surface area contributed by atoms with Gasteiger partial charge in [-0.05, 0) is 24.8 Å². The first-order chi connectivity index (χ1) is 10.5. The largest absolute Gasteiger partial charge is 0.481 e. The summed E-state index contributed by atoms with van der Waals surface area (Å²) in [4.78, 5) is 35.0. The molecular formula is C15H20N2O5. The van der Waals surface area contributed by atoms with Crippen molar-refractivity contribution in [1.29, 1.82) is 0 Å². The Hall–Kier alpha value is -2.15. The SMILES string of the molecule is Cn1ccc(C(=O)NCC(C(=O)O)C2CCOCC2)cc1=O. The highest BCUT2D eigenvalue weighted by atomic mass is 16.5. The van der Waals surface area contributed by atoms with Crippen LogP contribution in [-0.4, -0.2) is 41.3 Å². The van der Waals surface area contributed by atoms with Crippen LogP contribution in [0.2, 0.25) is 0 Å². The number of aryl methyl sites for hydroxylation is 1. The zero-order valence-corrected chi connectivity index (χ0v) is 12.4. The summed E-state index contributed by atoms with van der Waals surface area (Å²) in [5.74, 6) is -2.00. The average Bonchev–Trinajstić information content (AvgIpc) is 2.50. The smallest absolute Gasteiger partial charge is 0.308 e. The monoisotopic (exact) mass is 308 g/mol. The molecule has 7 nitrogen and oxygen atoms in total. The van der Waals surface area contributed by atoms with Crippen molar-refractivity contribution in [3.05, 3.63) is 34.2 Å². The third-order valence-corrected chi connectivity index (χ3v) is 4.00. The van der Waals surface area contributed by atoms with E-state index >= 15 is 0 Å². The molecule has 0 spiro atoms. The fraction of sp³-hybridized carbons (Fsp3) is 0.533. The molecule has 2 rings (SSSR count). The lowest BCUT2D eigenvalue weighted by Gasteiger charge is -2.27. The van der Waals surface area contributed by atoms with Crippen LogP contribution in [0.3, 0.4) is 0 Å². The number of aromatic nitrogens is 1. The summed E-state index contributed by atoms with van der Waals surface area (Å²) in [7, 11) is 1.59. The van der Waals surface area contributed by atoms with Crippen LogP contribution < -0.4 is 10.9 Å². The molecule has 0 aromatic carbocycles. The number of carbonyl (C=O) groups is 2. The van der Waals surface area contributed by atoms with E-state index in [1.54, 1.807) is 7.05 Å². The molecule has 1 aromatic rings. The number of amides is 1. The Bertz CT molecular complexity index is 604. The molecule has 1 fully saturated rings. The van der Waals surface area contributed by atoms with Gasteiger partial charge < -0.3 is 19.7 Å². The van der Waals surface area contributed by atoms with Gasteiger partial charge in [-0.3, -0.25) is 14.4 Å². The van der Waals surface area contributed by atoms with E-state index in [-0.39, 0.29) is 23.6 Å². The zero-order valence-electron chi connectivity index (χ0n) is 12.4. The minimum absolute atomic E-state index is 0.00445. The lowest BCUT2D eigenvalue weighted by molar-refractivity contribution is -0.144. The van der Waals surface area contributed by atoms with Crippen molar-refractivity contribution >= 4 is 11.9 Å². The van der Waals surface area contributed by atoms with Gasteiger partial charge in [0.15, 0.2) is 0 Å². The Kier molecular flexibility index (Phi) is 5.32. The van der Waals surface area contributed by atoms with Crippen LogP contribution in [0.15, 0.2) is 23.1 Å². The van der Waals surface area contributed by atoms with Gasteiger partial charge in [0, 0.05) is 44.6 Å². The van der Waals surface area contributed by atoms with Crippen LogP contribution in [0, 0.1) is 11.8 Å². The summed E-state index contributed by atoms with van der Waals surface area (Å²) >= 11 is 0. The number of aliphatic carboxylic acids is 1. The van der Waals surface area contributed by atoms with E-state index in [1.165, 1.54) is 22.9 Å². The molecule has 22 heavy (non-hydrogen) atoms. The maximum absolute atomic E-state index is 12.0. The van der Waals surface area contributed by atoms with Crippen molar-refractivity contribution < 1.29 is 19.4 Å². The zero-order chi connectivity index (χ0) is 16.1. The number of nitrogens with zero attached hydrogens (tertiary/aromatic N) is 1. The molecule has 120 valence electrons. The minimum Gasteiger partial charge on any atom is -0.481 e. The van der Waals surface area contributed by atoms with Crippen molar-refractivity contribution in [2.45, 2.75) is 12.8 Å². The number of carbonyl (C=O) groups excluding carboxylic acids is 1. The fourth-order valence-corrected chi connectivity index (χ4v) is 2.57. The molecule has 1 atom stereocenters. The third kappa shape index (κ3) is 3.94. The summed E-state index contributed by atoms with van der Waals surface area (Å²) in [6, 6.07) is 2.76. The quantitative estimate of drug-likeness (QED) is 0.812. The predicted molar refractivity (Wildman–Crippen MR) is 78.7 cm³/mol. The van der Waals surface area contributed by atoms with E-state index in [0.29, 0.717) is 26.1 Å². The first-order valence-electron chi connectivity index (χ1n) is 7.24. The molecule has 1 aliphatic rings. The van der Waals surface area contributed by atoms with Gasteiger partial charge in [0.05, 0.1) is 5.92 Å². The van der Waals surface area contributed by atoms with Crippen molar-refractivity contribution in [1.82, 2.24) is 9.88 Å². The van der Waals surface area contributed by atoms with Gasteiger partial charge in [0.1, 0.15) is 0 Å². The van der Waals surface area contributed by atoms with Gasteiger partial charge in [0.2, 0.25) is 0 Å². The van der Waals surface area contributed by atoms with E-state index in [0.717, 1.165) is 0 Å². The van der Waals surface area contributed by atoms with Gasteiger partial charge in [0.25, 0.3) is 11.5 Å². The van der Waals surface area contributed by atoms with Crippen molar-refractivity contribution in [2.24, 2.45) is 18.9 Å². The number of hydrogen-bond donors (Lipinski definition) is 2. The van der Waals surface area contributed by atoms with Crippen LogP contribution in [0.4, 0.5) is 0 Å². The Balaban J connectivity index is 1.99. The molecule has 7 heteroatoms. The maximum Gasteiger partial charge on any atom is 0.308 e. The maximum atomic E-state index is 12.0. The summed E-state index contributed by atoms with van der Waals surface area (Å²) in [5, 5.41) is 12.0. The second-order valence-electron chi connectivity index (χ2n) is 5.47. The van der Waals surface area contributed by atoms with Gasteiger partial charge in [-0.25, -0.2) is 0 Å². The fourth-order valence-electron chi connectivity index (χ4n) is 2.57. The van der Waals surface area contributed by atoms with Gasteiger partial charge in [-0.1, -0.05) is 0 Å². The topological polar surface area (TPSA) is 97.6 Å². The van der Waals surface area contributed by atoms with E-state index in [9.17, 15) is 19.5 Å². The molecule has 2 N–H and O–H groups in total. The van der Waals surface area contributed by atoms with Crippen LogP contribution >= 0.6 is 0 Å². The van der Waals surface area contributed by atoms with Crippen LogP contribution in [-0.2, 0) is 16.6 Å². The molecule has 0 saturated carbocycles. The summed E-state index contributed by atoms with van der Waals surface area (Å²) < 4.78 is 6.59. The molecule has 1 aromatic heterocycles. The van der Waals surface area contributed by atoms with Crippen molar-refractivity contribution in [3.8, 4) is 0 Å². The summed E-state index contributed by atoms with van der Waals surface area (Å²) in [6.45, 7) is 1.16. The summed E-state index contributed by atoms with van der Waals surface area (Å²) in [5.41, 5.74) is -0.0499. The molecule has 2 heterocycles. The Morgan fingerprint density at radius 3 is 2.73 bits per heavy atom. The minimum atomic E-state index is -0.920. The van der Waals surface area contributed by atoms with Crippen LogP contribution in [0.1, 0.15) is 23.2 Å². The van der Waals surface area contributed by atoms with E-state index in [1.807, 2.05) is 0 Å². The van der Waals surface area contributed by atoms with Crippen molar-refractivity contribution in [3.63, 3.8) is 0 Å². The second-order valence-corrected chi connectivity index (χ2v) is 5.47. The Morgan fingerprint density at radius 1 is 1.45 bits per heavy atom. The molecule has 1 amide bonds. The van der Waals surface area contributed by atoms with E-state index < -0.39 is 17.8 Å².